The maximum atomic E-state index is 12.9. The number of sulfonamides is 2. The van der Waals surface area contributed by atoms with Crippen LogP contribution in [0, 0.1) is 5.92 Å². The van der Waals surface area contributed by atoms with Crippen molar-refractivity contribution >= 4 is 25.7 Å². The Morgan fingerprint density at radius 3 is 2.00 bits per heavy atom. The lowest BCUT2D eigenvalue weighted by molar-refractivity contribution is 0.281. The molecule has 0 spiro atoms. The third-order valence-corrected chi connectivity index (χ3v) is 8.67. The van der Waals surface area contributed by atoms with Crippen molar-refractivity contribution in [2.75, 3.05) is 17.8 Å². The molecular weight excluding hydrogens is 420 g/mol. The molecule has 1 atom stereocenters. The molecular formula is C22H30N2O4S2. The minimum absolute atomic E-state index is 0.0663. The lowest BCUT2D eigenvalue weighted by atomic mass is 9.87. The number of rotatable bonds is 5. The summed E-state index contributed by atoms with van der Waals surface area (Å²) in [5, 5.41) is 0. The number of benzene rings is 2. The van der Waals surface area contributed by atoms with Gasteiger partial charge in [-0.15, -0.1) is 0 Å². The number of hydrogen-bond acceptors (Lipinski definition) is 4. The molecule has 30 heavy (non-hydrogen) atoms. The van der Waals surface area contributed by atoms with Gasteiger partial charge >= 0.3 is 0 Å². The van der Waals surface area contributed by atoms with E-state index in [2.05, 4.69) is 25.5 Å². The number of nitrogens with one attached hydrogen (secondary N) is 1. The molecule has 1 aliphatic rings. The van der Waals surface area contributed by atoms with E-state index in [1.165, 1.54) is 28.6 Å². The molecule has 6 nitrogen and oxygen atoms in total. The van der Waals surface area contributed by atoms with Gasteiger partial charge in [0, 0.05) is 18.8 Å². The lowest BCUT2D eigenvalue weighted by Crippen LogP contribution is -2.39. The van der Waals surface area contributed by atoms with E-state index in [0.29, 0.717) is 24.7 Å². The van der Waals surface area contributed by atoms with Crippen LogP contribution in [0.25, 0.3) is 0 Å². The van der Waals surface area contributed by atoms with Crippen molar-refractivity contribution in [1.82, 2.24) is 4.31 Å². The first-order valence-electron chi connectivity index (χ1n) is 10.1. The zero-order valence-corrected chi connectivity index (χ0v) is 19.6. The molecule has 1 unspecified atom stereocenters. The molecule has 0 saturated carbocycles. The number of piperidine rings is 1. The van der Waals surface area contributed by atoms with Gasteiger partial charge in [-0.25, -0.2) is 16.8 Å². The van der Waals surface area contributed by atoms with E-state index in [9.17, 15) is 16.8 Å². The molecule has 2 aromatic carbocycles. The predicted octanol–water partition coefficient (Wildman–Crippen LogP) is 4.21. The van der Waals surface area contributed by atoms with Crippen LogP contribution in [0.15, 0.2) is 58.3 Å². The summed E-state index contributed by atoms with van der Waals surface area (Å²) < 4.78 is 55.1. The van der Waals surface area contributed by atoms with E-state index in [1.54, 1.807) is 12.1 Å². The SMILES string of the molecule is CC1CCCN(S(=O)(=O)c2ccc(NS(=O)(=O)c3ccc(C(C)(C)C)cc3)cc2)C1. The Morgan fingerprint density at radius 2 is 1.47 bits per heavy atom. The third kappa shape index (κ3) is 5.04. The van der Waals surface area contributed by atoms with Gasteiger partial charge in [-0.2, -0.15) is 4.31 Å². The fourth-order valence-corrected chi connectivity index (χ4v) is 6.21. The van der Waals surface area contributed by atoms with Gasteiger partial charge in [0.1, 0.15) is 0 Å². The Labute approximate surface area is 180 Å². The van der Waals surface area contributed by atoms with E-state index in [1.807, 2.05) is 19.1 Å². The number of anilines is 1. The molecule has 0 aromatic heterocycles. The average molecular weight is 451 g/mol. The summed E-state index contributed by atoms with van der Waals surface area (Å²) in [6, 6.07) is 12.7. The van der Waals surface area contributed by atoms with Crippen molar-refractivity contribution < 1.29 is 16.8 Å². The molecule has 0 radical (unpaired) electrons. The first kappa shape index (κ1) is 22.8. The minimum atomic E-state index is -3.76. The average Bonchev–Trinajstić information content (AvgIpc) is 2.67. The van der Waals surface area contributed by atoms with Gasteiger partial charge in [0.25, 0.3) is 10.0 Å². The second-order valence-corrected chi connectivity index (χ2v) is 12.6. The van der Waals surface area contributed by atoms with Crippen LogP contribution in [0.4, 0.5) is 5.69 Å². The summed E-state index contributed by atoms with van der Waals surface area (Å²) in [5.74, 6) is 0.337. The molecule has 0 amide bonds. The molecule has 1 N–H and O–H groups in total. The fraction of sp³-hybridized carbons (Fsp3) is 0.455. The second kappa shape index (κ2) is 8.32. The molecule has 1 aliphatic heterocycles. The summed E-state index contributed by atoms with van der Waals surface area (Å²) in [4.78, 5) is 0.337. The number of nitrogens with zero attached hydrogens (tertiary/aromatic N) is 1. The molecule has 164 valence electrons. The summed E-state index contributed by atoms with van der Waals surface area (Å²) in [6.45, 7) is 9.28. The Balaban J connectivity index is 1.76. The van der Waals surface area contributed by atoms with Gasteiger partial charge in [0.15, 0.2) is 0 Å². The van der Waals surface area contributed by atoms with Crippen LogP contribution >= 0.6 is 0 Å². The van der Waals surface area contributed by atoms with Crippen molar-refractivity contribution in [3.63, 3.8) is 0 Å². The van der Waals surface area contributed by atoms with E-state index in [-0.39, 0.29) is 15.2 Å². The van der Waals surface area contributed by atoms with E-state index >= 15 is 0 Å². The zero-order valence-electron chi connectivity index (χ0n) is 17.9. The summed E-state index contributed by atoms with van der Waals surface area (Å²) >= 11 is 0. The van der Waals surface area contributed by atoms with Crippen LogP contribution in [-0.2, 0) is 25.5 Å². The highest BCUT2D eigenvalue weighted by molar-refractivity contribution is 7.92. The lowest BCUT2D eigenvalue weighted by Gasteiger charge is -2.30. The zero-order chi connectivity index (χ0) is 22.2. The predicted molar refractivity (Wildman–Crippen MR) is 120 cm³/mol. The van der Waals surface area contributed by atoms with Crippen LogP contribution in [0.5, 0.6) is 0 Å². The Morgan fingerprint density at radius 1 is 0.900 bits per heavy atom. The smallest absolute Gasteiger partial charge is 0.261 e. The molecule has 0 bridgehead atoms. The standard InChI is InChI=1S/C22H30N2O4S2/c1-17-6-5-15-24(16-17)30(27,28)21-13-9-19(10-14-21)23-29(25,26)20-11-7-18(8-12-20)22(2,3)4/h7-14,17,23H,5-6,15-16H2,1-4H3. The monoisotopic (exact) mass is 450 g/mol. The van der Waals surface area contributed by atoms with Crippen molar-refractivity contribution in [2.24, 2.45) is 5.92 Å². The third-order valence-electron chi connectivity index (χ3n) is 5.39. The molecule has 1 saturated heterocycles. The Hall–Kier alpha value is -1.90. The van der Waals surface area contributed by atoms with Gasteiger partial charge in [-0.05, 0) is 66.1 Å². The van der Waals surface area contributed by atoms with E-state index in [0.717, 1.165) is 18.4 Å². The first-order chi connectivity index (χ1) is 13.9. The highest BCUT2D eigenvalue weighted by atomic mass is 32.2. The van der Waals surface area contributed by atoms with Crippen LogP contribution in [-0.4, -0.2) is 34.2 Å². The highest BCUT2D eigenvalue weighted by Crippen LogP contribution is 2.26. The van der Waals surface area contributed by atoms with Gasteiger partial charge in [-0.1, -0.05) is 39.8 Å². The topological polar surface area (TPSA) is 83.6 Å². The van der Waals surface area contributed by atoms with Crippen LogP contribution in [0.3, 0.4) is 0 Å². The van der Waals surface area contributed by atoms with Crippen molar-refractivity contribution in [1.29, 1.82) is 0 Å². The maximum Gasteiger partial charge on any atom is 0.261 e. The molecule has 8 heteroatoms. The van der Waals surface area contributed by atoms with E-state index in [4.69, 9.17) is 0 Å². The van der Waals surface area contributed by atoms with Gasteiger partial charge in [0.2, 0.25) is 10.0 Å². The van der Waals surface area contributed by atoms with Gasteiger partial charge < -0.3 is 0 Å². The van der Waals surface area contributed by atoms with Gasteiger partial charge in [-0.3, -0.25) is 4.72 Å². The minimum Gasteiger partial charge on any atom is -0.280 e. The Bertz CT molecular complexity index is 1090. The molecule has 0 aliphatic carbocycles. The molecule has 3 rings (SSSR count). The normalized spacial score (nSPS) is 18.9. The van der Waals surface area contributed by atoms with Crippen LogP contribution < -0.4 is 4.72 Å². The first-order valence-corrected chi connectivity index (χ1v) is 13.1. The number of hydrogen-bond donors (Lipinski definition) is 1. The van der Waals surface area contributed by atoms with Crippen molar-refractivity contribution in [3.8, 4) is 0 Å². The molecule has 1 fully saturated rings. The summed E-state index contributed by atoms with van der Waals surface area (Å²) in [7, 11) is -7.33. The second-order valence-electron chi connectivity index (χ2n) is 9.01. The Kier molecular flexibility index (Phi) is 6.32. The maximum absolute atomic E-state index is 12.9. The van der Waals surface area contributed by atoms with Gasteiger partial charge in [0.05, 0.1) is 9.79 Å². The summed E-state index contributed by atoms with van der Waals surface area (Å²) in [6.07, 6.45) is 1.88. The van der Waals surface area contributed by atoms with Crippen LogP contribution in [0.2, 0.25) is 0 Å². The molecule has 2 aromatic rings. The van der Waals surface area contributed by atoms with Crippen molar-refractivity contribution in [3.05, 3.63) is 54.1 Å². The van der Waals surface area contributed by atoms with Crippen LogP contribution in [0.1, 0.15) is 46.1 Å². The quantitative estimate of drug-likeness (QED) is 0.740. The van der Waals surface area contributed by atoms with E-state index < -0.39 is 20.0 Å². The summed E-state index contributed by atoms with van der Waals surface area (Å²) in [5.41, 5.74) is 1.30. The fourth-order valence-electron chi connectivity index (χ4n) is 3.56. The van der Waals surface area contributed by atoms with Crippen molar-refractivity contribution in [2.45, 2.75) is 55.7 Å². The highest BCUT2D eigenvalue weighted by Gasteiger charge is 2.28. The largest absolute Gasteiger partial charge is 0.280 e. The molecule has 1 heterocycles.